The zero-order valence-electron chi connectivity index (χ0n) is 12.8. The first kappa shape index (κ1) is 16.9. The predicted molar refractivity (Wildman–Crippen MR) is 86.7 cm³/mol. The van der Waals surface area contributed by atoms with Crippen molar-refractivity contribution < 1.29 is 9.59 Å². The van der Waals surface area contributed by atoms with E-state index in [1.165, 1.54) is 37.8 Å². The van der Waals surface area contributed by atoms with Gasteiger partial charge in [0.2, 0.25) is 11.8 Å². The molecule has 0 spiro atoms. The third kappa shape index (κ3) is 5.38. The Labute approximate surface area is 134 Å². The average molecular weight is 324 g/mol. The minimum absolute atomic E-state index is 0.0266. The van der Waals surface area contributed by atoms with E-state index in [1.807, 2.05) is 0 Å². The standard InChI is InChI=1S/C15H24N4O2S/c16-8-13(20)18-9-14(21)17-7-6-15-19-12(10-22-15)11-4-2-1-3-5-11/h10-11H,1-9,16H2,(H,17,21)(H,18,20). The van der Waals surface area contributed by atoms with Gasteiger partial charge < -0.3 is 16.4 Å². The number of nitrogens with one attached hydrogen (secondary N) is 2. The van der Waals surface area contributed by atoms with Gasteiger partial charge in [0.05, 0.1) is 23.8 Å². The summed E-state index contributed by atoms with van der Waals surface area (Å²) >= 11 is 1.67. The van der Waals surface area contributed by atoms with Gasteiger partial charge in [-0.15, -0.1) is 11.3 Å². The van der Waals surface area contributed by atoms with Crippen LogP contribution in [0.4, 0.5) is 0 Å². The molecule has 2 rings (SSSR count). The van der Waals surface area contributed by atoms with E-state index in [0.717, 1.165) is 11.4 Å². The van der Waals surface area contributed by atoms with Crippen molar-refractivity contribution in [2.45, 2.75) is 44.4 Å². The van der Waals surface area contributed by atoms with Crippen LogP contribution in [0, 0.1) is 0 Å². The molecule has 1 aliphatic rings. The molecule has 0 saturated heterocycles. The number of hydrogen-bond donors (Lipinski definition) is 3. The fraction of sp³-hybridized carbons (Fsp3) is 0.667. The lowest BCUT2D eigenvalue weighted by molar-refractivity contribution is -0.125. The molecule has 1 aliphatic carbocycles. The highest BCUT2D eigenvalue weighted by atomic mass is 32.1. The number of nitrogens with zero attached hydrogens (tertiary/aromatic N) is 1. The van der Waals surface area contributed by atoms with Gasteiger partial charge in [0.1, 0.15) is 0 Å². The van der Waals surface area contributed by atoms with Crippen molar-refractivity contribution >= 4 is 23.2 Å². The number of hydrogen-bond acceptors (Lipinski definition) is 5. The molecule has 1 aromatic rings. The number of amides is 2. The summed E-state index contributed by atoms with van der Waals surface area (Å²) in [4.78, 5) is 27.2. The van der Waals surface area contributed by atoms with E-state index in [2.05, 4.69) is 16.0 Å². The van der Waals surface area contributed by atoms with Crippen LogP contribution in [0.2, 0.25) is 0 Å². The number of thiazole rings is 1. The summed E-state index contributed by atoms with van der Waals surface area (Å²) in [6, 6.07) is 0. The Hall–Kier alpha value is -1.47. The molecular weight excluding hydrogens is 300 g/mol. The van der Waals surface area contributed by atoms with Gasteiger partial charge in [-0.1, -0.05) is 19.3 Å². The van der Waals surface area contributed by atoms with Crippen LogP contribution in [-0.2, 0) is 16.0 Å². The van der Waals surface area contributed by atoms with E-state index in [-0.39, 0.29) is 24.9 Å². The normalized spacial score (nSPS) is 15.5. The van der Waals surface area contributed by atoms with Gasteiger partial charge in [-0.05, 0) is 12.8 Å². The summed E-state index contributed by atoms with van der Waals surface area (Å²) in [5, 5.41) is 8.43. The molecule has 1 saturated carbocycles. The minimum atomic E-state index is -0.327. The smallest absolute Gasteiger partial charge is 0.239 e. The Morgan fingerprint density at radius 3 is 2.73 bits per heavy atom. The van der Waals surface area contributed by atoms with Crippen LogP contribution in [0.5, 0.6) is 0 Å². The van der Waals surface area contributed by atoms with E-state index in [0.29, 0.717) is 12.5 Å². The van der Waals surface area contributed by atoms with E-state index >= 15 is 0 Å². The lowest BCUT2D eigenvalue weighted by atomic mass is 9.87. The largest absolute Gasteiger partial charge is 0.354 e. The van der Waals surface area contributed by atoms with Gasteiger partial charge in [0, 0.05) is 24.3 Å². The topological polar surface area (TPSA) is 97.1 Å². The van der Waals surface area contributed by atoms with Crippen molar-refractivity contribution in [1.82, 2.24) is 15.6 Å². The summed E-state index contributed by atoms with van der Waals surface area (Å²) in [6.07, 6.45) is 7.19. The predicted octanol–water partition coefficient (Wildman–Crippen LogP) is 0.924. The minimum Gasteiger partial charge on any atom is -0.354 e. The van der Waals surface area contributed by atoms with Gasteiger partial charge in [0.25, 0.3) is 0 Å². The fourth-order valence-corrected chi connectivity index (χ4v) is 3.53. The molecular formula is C15H24N4O2S. The van der Waals surface area contributed by atoms with E-state index in [1.54, 1.807) is 11.3 Å². The molecule has 0 aromatic carbocycles. The molecule has 22 heavy (non-hydrogen) atoms. The van der Waals surface area contributed by atoms with E-state index in [9.17, 15) is 9.59 Å². The molecule has 1 aromatic heterocycles. The molecule has 0 unspecified atom stereocenters. The van der Waals surface area contributed by atoms with Crippen LogP contribution in [0.3, 0.4) is 0 Å². The summed E-state index contributed by atoms with van der Waals surface area (Å²) < 4.78 is 0. The number of aromatic nitrogens is 1. The summed E-state index contributed by atoms with van der Waals surface area (Å²) in [7, 11) is 0. The molecule has 0 radical (unpaired) electrons. The molecule has 0 bridgehead atoms. The van der Waals surface area contributed by atoms with Gasteiger partial charge >= 0.3 is 0 Å². The van der Waals surface area contributed by atoms with Crippen molar-refractivity contribution in [2.75, 3.05) is 19.6 Å². The quantitative estimate of drug-likeness (QED) is 0.695. The highest BCUT2D eigenvalue weighted by Crippen LogP contribution is 2.32. The second-order valence-corrected chi connectivity index (χ2v) is 6.52. The number of carbonyl (C=O) groups is 2. The number of carbonyl (C=O) groups excluding carboxylic acids is 2. The van der Waals surface area contributed by atoms with Gasteiger partial charge in [0.15, 0.2) is 0 Å². The number of rotatable bonds is 7. The third-order valence-electron chi connectivity index (χ3n) is 3.89. The Morgan fingerprint density at radius 1 is 1.23 bits per heavy atom. The highest BCUT2D eigenvalue weighted by molar-refractivity contribution is 7.09. The van der Waals surface area contributed by atoms with Crippen molar-refractivity contribution in [2.24, 2.45) is 5.73 Å². The Morgan fingerprint density at radius 2 is 2.00 bits per heavy atom. The summed E-state index contributed by atoms with van der Waals surface area (Å²) in [5.41, 5.74) is 6.37. The van der Waals surface area contributed by atoms with E-state index < -0.39 is 0 Å². The molecule has 6 nitrogen and oxygen atoms in total. The van der Waals surface area contributed by atoms with Crippen LogP contribution in [0.1, 0.15) is 48.7 Å². The van der Waals surface area contributed by atoms with Crippen LogP contribution in [0.25, 0.3) is 0 Å². The molecule has 122 valence electrons. The maximum Gasteiger partial charge on any atom is 0.239 e. The third-order valence-corrected chi connectivity index (χ3v) is 4.81. The van der Waals surface area contributed by atoms with Crippen LogP contribution >= 0.6 is 11.3 Å². The SMILES string of the molecule is NCC(=O)NCC(=O)NCCc1nc(C2CCCCC2)cs1. The molecule has 2 amide bonds. The Kier molecular flexibility index (Phi) is 6.79. The first-order valence-corrected chi connectivity index (χ1v) is 8.74. The molecule has 4 N–H and O–H groups in total. The summed E-state index contributed by atoms with van der Waals surface area (Å²) in [5.74, 6) is 0.0953. The maximum absolute atomic E-state index is 11.5. The van der Waals surface area contributed by atoms with Gasteiger partial charge in [-0.2, -0.15) is 0 Å². The molecule has 1 heterocycles. The molecule has 7 heteroatoms. The molecule has 0 aliphatic heterocycles. The van der Waals surface area contributed by atoms with Crippen molar-refractivity contribution in [3.63, 3.8) is 0 Å². The number of nitrogens with two attached hydrogens (primary N) is 1. The van der Waals surface area contributed by atoms with Crippen molar-refractivity contribution in [3.8, 4) is 0 Å². The van der Waals surface area contributed by atoms with Crippen LogP contribution < -0.4 is 16.4 Å². The van der Waals surface area contributed by atoms with Gasteiger partial charge in [-0.25, -0.2) is 4.98 Å². The van der Waals surface area contributed by atoms with Crippen LogP contribution in [-0.4, -0.2) is 36.4 Å². The second-order valence-electron chi connectivity index (χ2n) is 5.58. The van der Waals surface area contributed by atoms with Crippen LogP contribution in [0.15, 0.2) is 5.38 Å². The zero-order chi connectivity index (χ0) is 15.8. The van der Waals surface area contributed by atoms with Crippen molar-refractivity contribution in [3.05, 3.63) is 16.1 Å². The first-order chi connectivity index (χ1) is 10.7. The Bertz CT molecular complexity index is 497. The highest BCUT2D eigenvalue weighted by Gasteiger charge is 2.18. The monoisotopic (exact) mass is 324 g/mol. The zero-order valence-corrected chi connectivity index (χ0v) is 13.6. The lowest BCUT2D eigenvalue weighted by Crippen LogP contribution is -2.40. The average Bonchev–Trinajstić information content (AvgIpc) is 3.02. The van der Waals surface area contributed by atoms with Gasteiger partial charge in [-0.3, -0.25) is 9.59 Å². The lowest BCUT2D eigenvalue weighted by Gasteiger charge is -2.19. The van der Waals surface area contributed by atoms with E-state index in [4.69, 9.17) is 10.7 Å². The van der Waals surface area contributed by atoms with Crippen molar-refractivity contribution in [1.29, 1.82) is 0 Å². The maximum atomic E-state index is 11.5. The second kappa shape index (κ2) is 8.85. The Balaban J connectivity index is 1.67. The molecule has 1 fully saturated rings. The fourth-order valence-electron chi connectivity index (χ4n) is 2.65. The molecule has 0 atom stereocenters. The first-order valence-electron chi connectivity index (χ1n) is 7.87. The summed E-state index contributed by atoms with van der Waals surface area (Å²) in [6.45, 7) is 0.409.